The van der Waals surface area contributed by atoms with Crippen LogP contribution in [0.15, 0.2) is 0 Å². The third-order valence-corrected chi connectivity index (χ3v) is 4.10. The van der Waals surface area contributed by atoms with Gasteiger partial charge in [0.05, 0.1) is 6.10 Å². The van der Waals surface area contributed by atoms with Crippen LogP contribution in [0, 0.1) is 11.3 Å². The SMILES string of the molecule is CC(C)(C)CCCC(O)CCC1CCCCC1. The molecule has 0 aliphatic heterocycles. The van der Waals surface area contributed by atoms with E-state index >= 15 is 0 Å². The molecule has 1 aliphatic carbocycles. The van der Waals surface area contributed by atoms with Crippen LogP contribution < -0.4 is 0 Å². The first-order valence-corrected chi connectivity index (χ1v) is 7.65. The van der Waals surface area contributed by atoms with Crippen LogP contribution in [0.1, 0.15) is 85.0 Å². The zero-order valence-corrected chi connectivity index (χ0v) is 12.2. The largest absolute Gasteiger partial charge is 0.393 e. The van der Waals surface area contributed by atoms with Crippen molar-refractivity contribution >= 4 is 0 Å². The van der Waals surface area contributed by atoms with E-state index in [1.54, 1.807) is 0 Å². The van der Waals surface area contributed by atoms with Gasteiger partial charge in [0.25, 0.3) is 0 Å². The predicted molar refractivity (Wildman–Crippen MR) is 75.1 cm³/mol. The minimum atomic E-state index is -0.0423. The van der Waals surface area contributed by atoms with Crippen LogP contribution in [0.5, 0.6) is 0 Å². The Morgan fingerprint density at radius 3 is 2.29 bits per heavy atom. The highest BCUT2D eigenvalue weighted by Crippen LogP contribution is 2.28. The van der Waals surface area contributed by atoms with E-state index in [2.05, 4.69) is 20.8 Å². The zero-order chi connectivity index (χ0) is 12.7. The van der Waals surface area contributed by atoms with Gasteiger partial charge in [-0.25, -0.2) is 0 Å². The summed E-state index contributed by atoms with van der Waals surface area (Å²) in [6.07, 6.45) is 12.8. The van der Waals surface area contributed by atoms with E-state index in [4.69, 9.17) is 0 Å². The summed E-state index contributed by atoms with van der Waals surface area (Å²) < 4.78 is 0. The van der Waals surface area contributed by atoms with Gasteiger partial charge >= 0.3 is 0 Å². The van der Waals surface area contributed by atoms with Gasteiger partial charge in [-0.1, -0.05) is 59.3 Å². The molecule has 1 unspecified atom stereocenters. The van der Waals surface area contributed by atoms with Crippen molar-refractivity contribution < 1.29 is 5.11 Å². The van der Waals surface area contributed by atoms with Gasteiger partial charge in [-0.2, -0.15) is 0 Å². The first-order valence-electron chi connectivity index (χ1n) is 7.65. The molecule has 0 spiro atoms. The molecule has 1 saturated carbocycles. The highest BCUT2D eigenvalue weighted by atomic mass is 16.3. The van der Waals surface area contributed by atoms with Gasteiger partial charge < -0.3 is 5.11 Å². The van der Waals surface area contributed by atoms with Crippen LogP contribution in [0.2, 0.25) is 0 Å². The Morgan fingerprint density at radius 1 is 1.06 bits per heavy atom. The van der Waals surface area contributed by atoms with Crippen LogP contribution in [-0.2, 0) is 0 Å². The maximum Gasteiger partial charge on any atom is 0.0540 e. The van der Waals surface area contributed by atoms with E-state index < -0.39 is 0 Å². The predicted octanol–water partition coefficient (Wildman–Crippen LogP) is 4.92. The Bertz CT molecular complexity index is 186. The van der Waals surface area contributed by atoms with Crippen LogP contribution in [0.3, 0.4) is 0 Å². The minimum absolute atomic E-state index is 0.0423. The summed E-state index contributed by atoms with van der Waals surface area (Å²) in [7, 11) is 0. The van der Waals surface area contributed by atoms with E-state index in [-0.39, 0.29) is 6.10 Å². The molecule has 0 heterocycles. The van der Waals surface area contributed by atoms with E-state index in [0.717, 1.165) is 18.8 Å². The fourth-order valence-corrected chi connectivity index (χ4v) is 2.92. The third kappa shape index (κ3) is 7.81. The fraction of sp³-hybridized carbons (Fsp3) is 1.00. The minimum Gasteiger partial charge on any atom is -0.393 e. The van der Waals surface area contributed by atoms with Crippen molar-refractivity contribution in [1.29, 1.82) is 0 Å². The molecule has 0 aromatic heterocycles. The molecule has 0 aromatic rings. The quantitative estimate of drug-likeness (QED) is 0.698. The van der Waals surface area contributed by atoms with Crippen molar-refractivity contribution in [3.8, 4) is 0 Å². The molecule has 1 nitrogen and oxygen atoms in total. The third-order valence-electron chi connectivity index (χ3n) is 4.10. The summed E-state index contributed by atoms with van der Waals surface area (Å²) in [6, 6.07) is 0. The van der Waals surface area contributed by atoms with Gasteiger partial charge in [-0.05, 0) is 37.0 Å². The van der Waals surface area contributed by atoms with Gasteiger partial charge in [0.15, 0.2) is 0 Å². The molecule has 1 fully saturated rings. The fourth-order valence-electron chi connectivity index (χ4n) is 2.92. The molecule has 0 bridgehead atoms. The summed E-state index contributed by atoms with van der Waals surface area (Å²) >= 11 is 0. The molecule has 0 amide bonds. The summed E-state index contributed by atoms with van der Waals surface area (Å²) in [5.74, 6) is 0.918. The normalized spacial score (nSPS) is 20.5. The Kier molecular flexibility index (Phi) is 6.54. The lowest BCUT2D eigenvalue weighted by atomic mass is 9.84. The van der Waals surface area contributed by atoms with Crippen LogP contribution in [0.4, 0.5) is 0 Å². The molecule has 0 radical (unpaired) electrons. The Labute approximate surface area is 108 Å². The Balaban J connectivity index is 2.02. The van der Waals surface area contributed by atoms with Crippen molar-refractivity contribution in [3.05, 3.63) is 0 Å². The van der Waals surface area contributed by atoms with Crippen molar-refractivity contribution in [3.63, 3.8) is 0 Å². The van der Waals surface area contributed by atoms with E-state index in [0.29, 0.717) is 5.41 Å². The number of rotatable bonds is 6. The van der Waals surface area contributed by atoms with Gasteiger partial charge in [0.1, 0.15) is 0 Å². The lowest BCUT2D eigenvalue weighted by molar-refractivity contribution is 0.133. The molecular weight excluding hydrogens is 208 g/mol. The zero-order valence-electron chi connectivity index (χ0n) is 12.2. The molecular formula is C16H32O. The molecule has 1 N–H and O–H groups in total. The molecule has 0 aromatic carbocycles. The number of hydrogen-bond donors (Lipinski definition) is 1. The molecule has 1 heteroatoms. The Hall–Kier alpha value is -0.0400. The molecule has 0 saturated heterocycles. The topological polar surface area (TPSA) is 20.2 Å². The molecule has 1 rings (SSSR count). The van der Waals surface area contributed by atoms with Crippen molar-refractivity contribution in [2.75, 3.05) is 0 Å². The number of aliphatic hydroxyl groups is 1. The highest BCUT2D eigenvalue weighted by molar-refractivity contribution is 4.69. The summed E-state index contributed by atoms with van der Waals surface area (Å²) in [4.78, 5) is 0. The first kappa shape index (κ1) is 15.0. The molecule has 17 heavy (non-hydrogen) atoms. The van der Waals surface area contributed by atoms with Crippen molar-refractivity contribution in [2.24, 2.45) is 11.3 Å². The maximum absolute atomic E-state index is 9.98. The van der Waals surface area contributed by atoms with Crippen LogP contribution >= 0.6 is 0 Å². The highest BCUT2D eigenvalue weighted by Gasteiger charge is 2.16. The van der Waals surface area contributed by atoms with Gasteiger partial charge in [-0.15, -0.1) is 0 Å². The Morgan fingerprint density at radius 2 is 1.71 bits per heavy atom. The second-order valence-electron chi connectivity index (χ2n) is 7.19. The lowest BCUT2D eigenvalue weighted by Gasteiger charge is -2.23. The van der Waals surface area contributed by atoms with Gasteiger partial charge in [0.2, 0.25) is 0 Å². The monoisotopic (exact) mass is 240 g/mol. The van der Waals surface area contributed by atoms with Crippen molar-refractivity contribution in [2.45, 2.75) is 91.1 Å². The second kappa shape index (κ2) is 7.41. The molecule has 102 valence electrons. The number of aliphatic hydroxyl groups excluding tert-OH is 1. The molecule has 1 atom stereocenters. The summed E-state index contributed by atoms with van der Waals surface area (Å²) in [5.41, 5.74) is 0.420. The van der Waals surface area contributed by atoms with Crippen LogP contribution in [-0.4, -0.2) is 11.2 Å². The average molecular weight is 240 g/mol. The summed E-state index contributed by atoms with van der Waals surface area (Å²) in [5, 5.41) is 9.98. The smallest absolute Gasteiger partial charge is 0.0540 e. The van der Waals surface area contributed by atoms with E-state index in [9.17, 15) is 5.11 Å². The standard InChI is InChI=1S/C16H32O/c1-16(2,3)13-7-10-15(17)12-11-14-8-5-4-6-9-14/h14-15,17H,4-13H2,1-3H3. The first-order chi connectivity index (χ1) is 7.97. The summed E-state index contributed by atoms with van der Waals surface area (Å²) in [6.45, 7) is 6.84. The lowest BCUT2D eigenvalue weighted by Crippen LogP contribution is -2.13. The average Bonchev–Trinajstić information content (AvgIpc) is 2.26. The number of hydrogen-bond acceptors (Lipinski definition) is 1. The van der Waals surface area contributed by atoms with Crippen LogP contribution in [0.25, 0.3) is 0 Å². The van der Waals surface area contributed by atoms with Crippen molar-refractivity contribution in [1.82, 2.24) is 0 Å². The van der Waals surface area contributed by atoms with E-state index in [1.165, 1.54) is 51.4 Å². The van der Waals surface area contributed by atoms with Gasteiger partial charge in [-0.3, -0.25) is 0 Å². The molecule has 1 aliphatic rings. The maximum atomic E-state index is 9.98. The van der Waals surface area contributed by atoms with Gasteiger partial charge in [0, 0.05) is 0 Å². The van der Waals surface area contributed by atoms with E-state index in [1.807, 2.05) is 0 Å². The second-order valence-corrected chi connectivity index (χ2v) is 7.19.